The van der Waals surface area contributed by atoms with Crippen LogP contribution in [0.2, 0.25) is 0 Å². The fourth-order valence-corrected chi connectivity index (χ4v) is 1.70. The second kappa shape index (κ2) is 7.78. The van der Waals surface area contributed by atoms with E-state index >= 15 is 0 Å². The highest BCUT2D eigenvalue weighted by Gasteiger charge is 2.03. The van der Waals surface area contributed by atoms with E-state index < -0.39 is 0 Å². The third-order valence-corrected chi connectivity index (χ3v) is 2.64. The third-order valence-electron chi connectivity index (χ3n) is 2.64. The van der Waals surface area contributed by atoms with Crippen molar-refractivity contribution in [1.82, 2.24) is 0 Å². The van der Waals surface area contributed by atoms with Crippen molar-refractivity contribution in [2.24, 2.45) is 5.92 Å². The Balaban J connectivity index is 3.71. The zero-order valence-corrected chi connectivity index (χ0v) is 10.1. The third kappa shape index (κ3) is 6.88. The molecule has 0 aromatic rings. The van der Waals surface area contributed by atoms with Crippen molar-refractivity contribution in [3.63, 3.8) is 0 Å². The molecule has 0 aromatic heterocycles. The Labute approximate surface area is 88.6 Å². The van der Waals surface area contributed by atoms with Crippen molar-refractivity contribution in [2.75, 3.05) is 0 Å². The molecule has 0 aliphatic rings. The summed E-state index contributed by atoms with van der Waals surface area (Å²) in [7, 11) is 0. The number of carbonyl (C=O) groups is 1. The van der Waals surface area contributed by atoms with Gasteiger partial charge in [0.15, 0.2) is 0 Å². The first kappa shape index (κ1) is 13.4. The van der Waals surface area contributed by atoms with Crippen LogP contribution in [0.5, 0.6) is 0 Å². The molecule has 0 amide bonds. The van der Waals surface area contributed by atoms with Crippen LogP contribution in [0, 0.1) is 5.92 Å². The average molecular weight is 196 g/mol. The Kier molecular flexibility index (Phi) is 7.45. The van der Waals surface area contributed by atoms with Crippen LogP contribution in [0.15, 0.2) is 11.6 Å². The van der Waals surface area contributed by atoms with Crippen molar-refractivity contribution in [1.29, 1.82) is 0 Å². The van der Waals surface area contributed by atoms with E-state index in [-0.39, 0.29) is 0 Å². The number of hydrogen-bond donors (Lipinski definition) is 0. The van der Waals surface area contributed by atoms with Gasteiger partial charge in [-0.1, -0.05) is 32.4 Å². The topological polar surface area (TPSA) is 17.1 Å². The monoisotopic (exact) mass is 196 g/mol. The van der Waals surface area contributed by atoms with Crippen LogP contribution in [-0.2, 0) is 4.79 Å². The van der Waals surface area contributed by atoms with Gasteiger partial charge >= 0.3 is 0 Å². The van der Waals surface area contributed by atoms with Crippen LogP contribution in [-0.4, -0.2) is 5.78 Å². The van der Waals surface area contributed by atoms with Crippen LogP contribution < -0.4 is 0 Å². The van der Waals surface area contributed by atoms with Crippen LogP contribution in [0.3, 0.4) is 0 Å². The van der Waals surface area contributed by atoms with Gasteiger partial charge in [0.25, 0.3) is 0 Å². The number of hydrogen-bond acceptors (Lipinski definition) is 1. The molecule has 0 aliphatic carbocycles. The lowest BCUT2D eigenvalue weighted by Crippen LogP contribution is -2.00. The van der Waals surface area contributed by atoms with Crippen molar-refractivity contribution in [3.8, 4) is 0 Å². The van der Waals surface area contributed by atoms with E-state index in [2.05, 4.69) is 26.8 Å². The number of rotatable bonds is 7. The van der Waals surface area contributed by atoms with Gasteiger partial charge in [-0.2, -0.15) is 0 Å². The first-order valence-electron chi connectivity index (χ1n) is 5.77. The molecule has 0 rings (SSSR count). The number of carbonyl (C=O) groups excluding carboxylic acids is 1. The highest BCUT2D eigenvalue weighted by atomic mass is 16.1. The van der Waals surface area contributed by atoms with Gasteiger partial charge in [0.1, 0.15) is 5.78 Å². The maximum absolute atomic E-state index is 10.8. The standard InChI is InChI=1S/C13H24O/c1-5-13(6-2)9-7-8-11(3)10-12(4)14/h9,11H,5-8,10H2,1-4H3. The molecule has 82 valence electrons. The minimum absolute atomic E-state index is 0.313. The van der Waals surface area contributed by atoms with E-state index in [4.69, 9.17) is 0 Å². The van der Waals surface area contributed by atoms with Gasteiger partial charge in [-0.05, 0) is 38.5 Å². The maximum atomic E-state index is 10.8. The molecule has 0 saturated carbocycles. The molecule has 14 heavy (non-hydrogen) atoms. The first-order chi connectivity index (χ1) is 6.60. The Bertz CT molecular complexity index is 185. The molecule has 0 N–H and O–H groups in total. The Morgan fingerprint density at radius 2 is 1.86 bits per heavy atom. The van der Waals surface area contributed by atoms with Crippen molar-refractivity contribution in [2.45, 2.75) is 59.8 Å². The molecule has 1 unspecified atom stereocenters. The summed E-state index contributed by atoms with van der Waals surface area (Å²) in [4.78, 5) is 10.8. The molecular formula is C13H24O. The number of ketones is 1. The van der Waals surface area contributed by atoms with Gasteiger partial charge in [0, 0.05) is 6.42 Å². The van der Waals surface area contributed by atoms with E-state index in [0.29, 0.717) is 11.7 Å². The summed E-state index contributed by atoms with van der Waals surface area (Å²) in [6, 6.07) is 0. The van der Waals surface area contributed by atoms with Crippen LogP contribution in [0.4, 0.5) is 0 Å². The molecule has 1 nitrogen and oxygen atoms in total. The molecule has 1 heteroatoms. The Morgan fingerprint density at radius 1 is 1.29 bits per heavy atom. The van der Waals surface area contributed by atoms with Gasteiger partial charge in [-0.15, -0.1) is 0 Å². The van der Waals surface area contributed by atoms with Gasteiger partial charge in [0.05, 0.1) is 0 Å². The quantitative estimate of drug-likeness (QED) is 0.560. The van der Waals surface area contributed by atoms with Crippen molar-refractivity contribution in [3.05, 3.63) is 11.6 Å². The van der Waals surface area contributed by atoms with Gasteiger partial charge in [-0.3, -0.25) is 0 Å². The molecule has 0 aliphatic heterocycles. The lowest BCUT2D eigenvalue weighted by atomic mass is 9.98. The number of Topliss-reactive ketones (excluding diaryl/α,β-unsaturated/α-hetero) is 1. The van der Waals surface area contributed by atoms with E-state index in [9.17, 15) is 4.79 Å². The van der Waals surface area contributed by atoms with Crippen LogP contribution in [0.25, 0.3) is 0 Å². The molecule has 0 saturated heterocycles. The molecule has 0 aromatic carbocycles. The maximum Gasteiger partial charge on any atom is 0.130 e. The van der Waals surface area contributed by atoms with Crippen molar-refractivity contribution < 1.29 is 4.79 Å². The zero-order chi connectivity index (χ0) is 11.0. The molecule has 1 atom stereocenters. The first-order valence-corrected chi connectivity index (χ1v) is 5.77. The van der Waals surface area contributed by atoms with Crippen LogP contribution in [0.1, 0.15) is 59.8 Å². The largest absolute Gasteiger partial charge is 0.300 e. The fraction of sp³-hybridized carbons (Fsp3) is 0.769. The summed E-state index contributed by atoms with van der Waals surface area (Å²) in [6.07, 6.45) is 7.68. The zero-order valence-electron chi connectivity index (χ0n) is 10.1. The summed E-state index contributed by atoms with van der Waals surface area (Å²) >= 11 is 0. The molecular weight excluding hydrogens is 172 g/mol. The fourth-order valence-electron chi connectivity index (χ4n) is 1.70. The smallest absolute Gasteiger partial charge is 0.130 e. The second-order valence-electron chi connectivity index (χ2n) is 4.16. The average Bonchev–Trinajstić information content (AvgIpc) is 2.11. The summed E-state index contributed by atoms with van der Waals surface area (Å²) in [6.45, 7) is 8.24. The molecule has 0 heterocycles. The Morgan fingerprint density at radius 3 is 2.29 bits per heavy atom. The van der Waals surface area contributed by atoms with E-state index in [1.54, 1.807) is 12.5 Å². The minimum atomic E-state index is 0.313. The highest BCUT2D eigenvalue weighted by Crippen LogP contribution is 2.14. The van der Waals surface area contributed by atoms with E-state index in [0.717, 1.165) is 32.1 Å². The van der Waals surface area contributed by atoms with Crippen LogP contribution >= 0.6 is 0 Å². The molecule has 0 radical (unpaired) electrons. The lowest BCUT2D eigenvalue weighted by molar-refractivity contribution is -0.117. The van der Waals surface area contributed by atoms with E-state index in [1.165, 1.54) is 0 Å². The predicted molar refractivity (Wildman–Crippen MR) is 62.4 cm³/mol. The van der Waals surface area contributed by atoms with Gasteiger partial charge in [-0.25, -0.2) is 0 Å². The minimum Gasteiger partial charge on any atom is -0.300 e. The highest BCUT2D eigenvalue weighted by molar-refractivity contribution is 5.75. The second-order valence-corrected chi connectivity index (χ2v) is 4.16. The molecule has 0 bridgehead atoms. The van der Waals surface area contributed by atoms with E-state index in [1.807, 2.05) is 0 Å². The van der Waals surface area contributed by atoms with Gasteiger partial charge < -0.3 is 4.79 Å². The Hall–Kier alpha value is -0.590. The predicted octanol–water partition coefficient (Wildman–Crippen LogP) is 4.13. The summed E-state index contributed by atoms with van der Waals surface area (Å²) in [5, 5.41) is 0. The van der Waals surface area contributed by atoms with Crippen molar-refractivity contribution >= 4 is 5.78 Å². The summed E-state index contributed by atoms with van der Waals surface area (Å²) < 4.78 is 0. The SMILES string of the molecule is CCC(=CCCC(C)CC(C)=O)CC. The van der Waals surface area contributed by atoms with Gasteiger partial charge in [0.2, 0.25) is 0 Å². The summed E-state index contributed by atoms with van der Waals surface area (Å²) in [5.41, 5.74) is 1.54. The lowest BCUT2D eigenvalue weighted by Gasteiger charge is -2.07. The normalized spacial score (nSPS) is 12.3. The molecule has 0 spiro atoms. The summed E-state index contributed by atoms with van der Waals surface area (Å²) in [5.74, 6) is 0.853. The number of allylic oxidation sites excluding steroid dienone is 2. The molecule has 0 fully saturated rings.